The second-order valence-corrected chi connectivity index (χ2v) is 7.22. The average Bonchev–Trinajstić information content (AvgIpc) is 2.37. The number of benzene rings is 1. The molecule has 0 spiro atoms. The van der Waals surface area contributed by atoms with Gasteiger partial charge in [-0.25, -0.2) is 0 Å². The minimum Gasteiger partial charge on any atom is -0.377 e. The molecule has 0 heterocycles. The molecule has 0 radical (unpaired) electrons. The SMILES string of the molecule is COC1(CNC(C)c2ccc(C(C)(C)C)cc2)CCC1. The second-order valence-electron chi connectivity index (χ2n) is 7.22. The number of methoxy groups -OCH3 is 1. The Balaban J connectivity index is 1.94. The molecule has 1 aliphatic rings. The maximum Gasteiger partial charge on any atom is 0.0802 e. The number of hydrogen-bond acceptors (Lipinski definition) is 2. The van der Waals surface area contributed by atoms with E-state index in [1.54, 1.807) is 0 Å². The fourth-order valence-electron chi connectivity index (χ4n) is 2.75. The minimum absolute atomic E-state index is 0.0968. The van der Waals surface area contributed by atoms with Gasteiger partial charge in [-0.1, -0.05) is 45.0 Å². The summed E-state index contributed by atoms with van der Waals surface area (Å²) in [5.41, 5.74) is 3.06. The van der Waals surface area contributed by atoms with E-state index in [4.69, 9.17) is 4.74 Å². The van der Waals surface area contributed by atoms with E-state index in [-0.39, 0.29) is 11.0 Å². The molecule has 0 amide bonds. The Morgan fingerprint density at radius 2 is 1.80 bits per heavy atom. The lowest BCUT2D eigenvalue weighted by molar-refractivity contribution is -0.0706. The monoisotopic (exact) mass is 275 g/mol. The van der Waals surface area contributed by atoms with Crippen LogP contribution in [0.3, 0.4) is 0 Å². The molecule has 1 aliphatic carbocycles. The van der Waals surface area contributed by atoms with Crippen LogP contribution in [0.1, 0.15) is 64.1 Å². The summed E-state index contributed by atoms with van der Waals surface area (Å²) in [5.74, 6) is 0. The standard InChI is InChI=1S/C18H29NO/c1-14(19-13-18(20-5)11-6-12-18)15-7-9-16(10-8-15)17(2,3)4/h7-10,14,19H,6,11-13H2,1-5H3. The van der Waals surface area contributed by atoms with Crippen LogP contribution in [0.25, 0.3) is 0 Å². The molecule has 1 fully saturated rings. The summed E-state index contributed by atoms with van der Waals surface area (Å²) in [7, 11) is 1.84. The Bertz CT molecular complexity index is 420. The quantitative estimate of drug-likeness (QED) is 0.869. The first-order valence-electron chi connectivity index (χ1n) is 7.75. The van der Waals surface area contributed by atoms with Crippen LogP contribution in [0, 0.1) is 0 Å². The van der Waals surface area contributed by atoms with Crippen LogP contribution >= 0.6 is 0 Å². The maximum atomic E-state index is 5.66. The molecule has 1 aromatic rings. The van der Waals surface area contributed by atoms with Gasteiger partial charge in [0, 0.05) is 19.7 Å². The third-order valence-electron chi connectivity index (χ3n) is 4.70. The highest BCUT2D eigenvalue weighted by molar-refractivity contribution is 5.29. The first-order chi connectivity index (χ1) is 9.36. The molecule has 1 saturated carbocycles. The molecule has 20 heavy (non-hydrogen) atoms. The van der Waals surface area contributed by atoms with E-state index in [0.29, 0.717) is 6.04 Å². The Kier molecular flexibility index (Phi) is 4.55. The van der Waals surface area contributed by atoms with Crippen LogP contribution in [-0.4, -0.2) is 19.3 Å². The summed E-state index contributed by atoms with van der Waals surface area (Å²) in [6.45, 7) is 9.94. The van der Waals surface area contributed by atoms with Gasteiger partial charge in [0.2, 0.25) is 0 Å². The molecule has 1 N–H and O–H groups in total. The fourth-order valence-corrected chi connectivity index (χ4v) is 2.75. The van der Waals surface area contributed by atoms with Gasteiger partial charge in [-0.05, 0) is 42.7 Å². The molecule has 112 valence electrons. The Morgan fingerprint density at radius 1 is 1.20 bits per heavy atom. The Labute approximate surface area is 123 Å². The van der Waals surface area contributed by atoms with Crippen LogP contribution in [0.4, 0.5) is 0 Å². The zero-order valence-corrected chi connectivity index (χ0v) is 13.6. The molecular formula is C18H29NO. The summed E-state index contributed by atoms with van der Waals surface area (Å²) in [6.07, 6.45) is 3.67. The van der Waals surface area contributed by atoms with Crippen molar-refractivity contribution in [2.24, 2.45) is 0 Å². The maximum absolute atomic E-state index is 5.66. The normalized spacial score (nSPS) is 19.4. The first-order valence-corrected chi connectivity index (χ1v) is 7.75. The molecule has 1 unspecified atom stereocenters. The van der Waals surface area contributed by atoms with Gasteiger partial charge in [-0.2, -0.15) is 0 Å². The van der Waals surface area contributed by atoms with E-state index >= 15 is 0 Å². The molecule has 2 nitrogen and oxygen atoms in total. The topological polar surface area (TPSA) is 21.3 Å². The highest BCUT2D eigenvalue weighted by atomic mass is 16.5. The summed E-state index contributed by atoms with van der Waals surface area (Å²) >= 11 is 0. The van der Waals surface area contributed by atoms with Crippen molar-refractivity contribution in [1.29, 1.82) is 0 Å². The molecule has 0 aromatic heterocycles. The molecule has 0 aliphatic heterocycles. The summed E-state index contributed by atoms with van der Waals surface area (Å²) in [4.78, 5) is 0. The van der Waals surface area contributed by atoms with Crippen LogP contribution in [0.5, 0.6) is 0 Å². The predicted molar refractivity (Wildman–Crippen MR) is 85.2 cm³/mol. The first kappa shape index (κ1) is 15.5. The molecule has 0 bridgehead atoms. The van der Waals surface area contributed by atoms with Crippen molar-refractivity contribution in [3.8, 4) is 0 Å². The van der Waals surface area contributed by atoms with Gasteiger partial charge in [0.15, 0.2) is 0 Å². The van der Waals surface area contributed by atoms with Gasteiger partial charge < -0.3 is 10.1 Å². The van der Waals surface area contributed by atoms with E-state index in [2.05, 4.69) is 57.3 Å². The lowest BCUT2D eigenvalue weighted by atomic mass is 9.79. The minimum atomic E-state index is 0.0968. The Hall–Kier alpha value is -0.860. The summed E-state index contributed by atoms with van der Waals surface area (Å²) in [6, 6.07) is 9.37. The summed E-state index contributed by atoms with van der Waals surface area (Å²) in [5, 5.41) is 3.63. The fraction of sp³-hybridized carbons (Fsp3) is 0.667. The molecule has 2 rings (SSSR count). The van der Waals surface area contributed by atoms with Gasteiger partial charge in [0.25, 0.3) is 0 Å². The molecule has 1 aromatic carbocycles. The lowest BCUT2D eigenvalue weighted by Gasteiger charge is -2.41. The number of rotatable bonds is 5. The van der Waals surface area contributed by atoms with Gasteiger partial charge >= 0.3 is 0 Å². The Morgan fingerprint density at radius 3 is 2.20 bits per heavy atom. The highest BCUT2D eigenvalue weighted by Gasteiger charge is 2.36. The van der Waals surface area contributed by atoms with Crippen molar-refractivity contribution in [3.05, 3.63) is 35.4 Å². The lowest BCUT2D eigenvalue weighted by Crippen LogP contribution is -2.48. The largest absolute Gasteiger partial charge is 0.377 e. The van der Waals surface area contributed by atoms with Crippen molar-refractivity contribution in [2.75, 3.05) is 13.7 Å². The summed E-state index contributed by atoms with van der Waals surface area (Å²) < 4.78 is 5.66. The highest BCUT2D eigenvalue weighted by Crippen LogP contribution is 2.34. The number of hydrogen-bond donors (Lipinski definition) is 1. The molecular weight excluding hydrogens is 246 g/mol. The van der Waals surface area contributed by atoms with Crippen LogP contribution in [0.2, 0.25) is 0 Å². The number of ether oxygens (including phenoxy) is 1. The van der Waals surface area contributed by atoms with E-state index in [0.717, 1.165) is 6.54 Å². The van der Waals surface area contributed by atoms with Crippen LogP contribution in [0.15, 0.2) is 24.3 Å². The van der Waals surface area contributed by atoms with Crippen molar-refractivity contribution in [2.45, 2.75) is 64.0 Å². The van der Waals surface area contributed by atoms with E-state index in [1.165, 1.54) is 30.4 Å². The van der Waals surface area contributed by atoms with Gasteiger partial charge in [-0.3, -0.25) is 0 Å². The number of nitrogens with one attached hydrogen (secondary N) is 1. The second kappa shape index (κ2) is 5.87. The van der Waals surface area contributed by atoms with E-state index in [9.17, 15) is 0 Å². The molecule has 2 heteroatoms. The molecule has 1 atom stereocenters. The average molecular weight is 275 g/mol. The smallest absolute Gasteiger partial charge is 0.0802 e. The van der Waals surface area contributed by atoms with Crippen molar-refractivity contribution >= 4 is 0 Å². The predicted octanol–water partition coefficient (Wildman–Crippen LogP) is 4.20. The molecule has 0 saturated heterocycles. The van der Waals surface area contributed by atoms with Gasteiger partial charge in [0.05, 0.1) is 5.60 Å². The van der Waals surface area contributed by atoms with Crippen molar-refractivity contribution in [1.82, 2.24) is 5.32 Å². The third kappa shape index (κ3) is 3.42. The van der Waals surface area contributed by atoms with Crippen molar-refractivity contribution in [3.63, 3.8) is 0 Å². The van der Waals surface area contributed by atoms with Crippen molar-refractivity contribution < 1.29 is 4.74 Å². The van der Waals surface area contributed by atoms with E-state index < -0.39 is 0 Å². The van der Waals surface area contributed by atoms with Gasteiger partial charge in [0.1, 0.15) is 0 Å². The van der Waals surface area contributed by atoms with Gasteiger partial charge in [-0.15, -0.1) is 0 Å². The third-order valence-corrected chi connectivity index (χ3v) is 4.70. The zero-order chi connectivity index (χ0) is 14.8. The van der Waals surface area contributed by atoms with E-state index in [1.807, 2.05) is 7.11 Å². The zero-order valence-electron chi connectivity index (χ0n) is 13.6. The van der Waals surface area contributed by atoms with Crippen LogP contribution in [-0.2, 0) is 10.2 Å². The van der Waals surface area contributed by atoms with Crippen LogP contribution < -0.4 is 5.32 Å².